The lowest BCUT2D eigenvalue weighted by Gasteiger charge is -2.52. The number of nitrogens with zero attached hydrogens (tertiary/aromatic N) is 5. The van der Waals surface area contributed by atoms with Crippen LogP contribution in [-0.2, 0) is 29.2 Å². The summed E-state index contributed by atoms with van der Waals surface area (Å²) in [4.78, 5) is 44.2. The van der Waals surface area contributed by atoms with E-state index < -0.39 is 6.17 Å². The van der Waals surface area contributed by atoms with Gasteiger partial charge in [-0.3, -0.25) is 9.59 Å². The molecule has 1 unspecified atom stereocenters. The number of carbonyl (C=O) groups is 3. The van der Waals surface area contributed by atoms with Gasteiger partial charge in [0.15, 0.2) is 5.76 Å². The number of hydrazine groups is 1. The van der Waals surface area contributed by atoms with E-state index in [-0.39, 0.29) is 44.0 Å². The zero-order chi connectivity index (χ0) is 32.3. The lowest BCUT2D eigenvalue weighted by atomic mass is 10.0. The van der Waals surface area contributed by atoms with Crippen LogP contribution in [-0.4, -0.2) is 75.7 Å². The molecule has 2 fully saturated rings. The van der Waals surface area contributed by atoms with Crippen LogP contribution in [0.1, 0.15) is 16.9 Å². The molecule has 1 N–H and O–H groups in total. The molecule has 2 aliphatic heterocycles. The minimum absolute atomic E-state index is 0.107. The molecular formula is C36H34N6O5. The summed E-state index contributed by atoms with van der Waals surface area (Å²) < 4.78 is 11.0. The Balaban J connectivity index is 1.16. The minimum Gasteiger partial charge on any atom is -0.497 e. The van der Waals surface area contributed by atoms with Crippen molar-refractivity contribution in [1.29, 1.82) is 0 Å². The van der Waals surface area contributed by atoms with Gasteiger partial charge in [-0.2, -0.15) is 5.01 Å². The first-order chi connectivity index (χ1) is 23.0. The number of piperazine rings is 1. The fourth-order valence-corrected chi connectivity index (χ4v) is 6.23. The summed E-state index contributed by atoms with van der Waals surface area (Å²) in [6.45, 7) is 0.698. The standard InChI is InChI=1S/C36H34N6O5/c1-46-29-16-14-27(15-17-29)32-18-30(47-38-32)21-40-23-35(44)41-24-34(43)39(20-28-12-7-11-26-10-5-6-13-31(26)28)22-33(41)42(40)36(45)37-19-25-8-3-2-4-9-25/h2-18,33H,19-24H2,1H3,(H,37,45). The maximum absolute atomic E-state index is 14.0. The van der Waals surface area contributed by atoms with Gasteiger partial charge < -0.3 is 24.4 Å². The van der Waals surface area contributed by atoms with Gasteiger partial charge in [-0.1, -0.05) is 78.0 Å². The Hall–Kier alpha value is -5.68. The molecule has 0 aliphatic carbocycles. The quantitative estimate of drug-likeness (QED) is 0.266. The van der Waals surface area contributed by atoms with Gasteiger partial charge in [-0.05, 0) is 46.2 Å². The van der Waals surface area contributed by atoms with Crippen molar-refractivity contribution in [3.8, 4) is 17.0 Å². The van der Waals surface area contributed by atoms with Crippen LogP contribution in [0.25, 0.3) is 22.0 Å². The number of benzene rings is 4. The van der Waals surface area contributed by atoms with Crippen molar-refractivity contribution in [3.05, 3.63) is 120 Å². The van der Waals surface area contributed by atoms with Crippen LogP contribution in [0.15, 0.2) is 108 Å². The second kappa shape index (κ2) is 13.0. The van der Waals surface area contributed by atoms with E-state index in [1.54, 1.807) is 28.1 Å². The van der Waals surface area contributed by atoms with Crippen molar-refractivity contribution in [3.63, 3.8) is 0 Å². The highest BCUT2D eigenvalue weighted by atomic mass is 16.5. The van der Waals surface area contributed by atoms with Crippen LogP contribution < -0.4 is 10.1 Å². The molecule has 2 saturated heterocycles. The van der Waals surface area contributed by atoms with Crippen LogP contribution in [0.2, 0.25) is 0 Å². The van der Waals surface area contributed by atoms with E-state index in [0.29, 0.717) is 24.5 Å². The maximum Gasteiger partial charge on any atom is 0.334 e. The molecule has 1 aromatic heterocycles. The molecule has 11 nitrogen and oxygen atoms in total. The highest BCUT2D eigenvalue weighted by molar-refractivity contribution is 5.90. The van der Waals surface area contributed by atoms with Gasteiger partial charge in [0.2, 0.25) is 11.8 Å². The molecule has 1 atom stereocenters. The number of urea groups is 1. The predicted molar refractivity (Wildman–Crippen MR) is 174 cm³/mol. The first kappa shape index (κ1) is 30.0. The minimum atomic E-state index is -0.719. The zero-order valence-corrected chi connectivity index (χ0v) is 25.9. The lowest BCUT2D eigenvalue weighted by Crippen LogP contribution is -2.73. The third-order valence-corrected chi connectivity index (χ3v) is 8.65. The number of carbonyl (C=O) groups excluding carboxylic acids is 3. The van der Waals surface area contributed by atoms with Crippen LogP contribution in [0.3, 0.4) is 0 Å². The Bertz CT molecular complexity index is 1910. The summed E-state index contributed by atoms with van der Waals surface area (Å²) in [6.07, 6.45) is -0.719. The highest BCUT2D eigenvalue weighted by Crippen LogP contribution is 2.28. The third-order valence-electron chi connectivity index (χ3n) is 8.65. The molecule has 4 amide bonds. The van der Waals surface area contributed by atoms with Crippen LogP contribution in [0, 0.1) is 0 Å². The largest absolute Gasteiger partial charge is 0.497 e. The van der Waals surface area contributed by atoms with E-state index in [0.717, 1.165) is 33.2 Å². The second-order valence-corrected chi connectivity index (χ2v) is 11.6. The van der Waals surface area contributed by atoms with Gasteiger partial charge in [0, 0.05) is 24.7 Å². The molecular weight excluding hydrogens is 596 g/mol. The third kappa shape index (κ3) is 6.25. The summed E-state index contributed by atoms with van der Waals surface area (Å²) in [5, 5.41) is 12.6. The van der Waals surface area contributed by atoms with Crippen LogP contribution in [0.5, 0.6) is 5.75 Å². The van der Waals surface area contributed by atoms with Gasteiger partial charge in [0.1, 0.15) is 24.2 Å². The Labute approximate surface area is 271 Å². The summed E-state index contributed by atoms with van der Waals surface area (Å²) in [7, 11) is 1.61. The fraction of sp³-hybridized carbons (Fsp3) is 0.222. The molecule has 0 bridgehead atoms. The van der Waals surface area contributed by atoms with Crippen molar-refractivity contribution in [2.45, 2.75) is 25.8 Å². The summed E-state index contributed by atoms with van der Waals surface area (Å²) in [5.74, 6) is 0.805. The second-order valence-electron chi connectivity index (χ2n) is 11.6. The first-order valence-corrected chi connectivity index (χ1v) is 15.5. The number of hydrogen-bond donors (Lipinski definition) is 1. The van der Waals surface area contributed by atoms with E-state index in [2.05, 4.69) is 10.5 Å². The number of aromatic nitrogens is 1. The predicted octanol–water partition coefficient (Wildman–Crippen LogP) is 4.64. The Morgan fingerprint density at radius 3 is 2.47 bits per heavy atom. The normalized spacial score (nSPS) is 16.8. The van der Waals surface area contributed by atoms with E-state index >= 15 is 0 Å². The fourth-order valence-electron chi connectivity index (χ4n) is 6.23. The van der Waals surface area contributed by atoms with Crippen LogP contribution in [0.4, 0.5) is 4.79 Å². The van der Waals surface area contributed by atoms with Gasteiger partial charge in [0.25, 0.3) is 0 Å². The van der Waals surface area contributed by atoms with Gasteiger partial charge >= 0.3 is 6.03 Å². The Morgan fingerprint density at radius 2 is 1.66 bits per heavy atom. The van der Waals surface area contributed by atoms with Gasteiger partial charge in [-0.25, -0.2) is 9.80 Å². The molecule has 7 rings (SSSR count). The molecule has 47 heavy (non-hydrogen) atoms. The first-order valence-electron chi connectivity index (χ1n) is 15.5. The number of fused-ring (bicyclic) bond motifs is 2. The molecule has 2 aliphatic rings. The van der Waals surface area contributed by atoms with Crippen molar-refractivity contribution < 1.29 is 23.6 Å². The number of hydrogen-bond acceptors (Lipinski definition) is 7. The lowest BCUT2D eigenvalue weighted by molar-refractivity contribution is -0.184. The van der Waals surface area contributed by atoms with E-state index in [1.165, 1.54) is 4.90 Å². The molecule has 4 aromatic carbocycles. The molecule has 0 spiro atoms. The molecule has 0 saturated carbocycles. The van der Waals surface area contributed by atoms with E-state index in [4.69, 9.17) is 9.26 Å². The van der Waals surface area contributed by atoms with E-state index in [1.807, 2.05) is 97.1 Å². The molecule has 11 heteroatoms. The van der Waals surface area contributed by atoms with Gasteiger partial charge in [-0.15, -0.1) is 0 Å². The van der Waals surface area contributed by atoms with Crippen molar-refractivity contribution in [1.82, 2.24) is 30.3 Å². The number of nitrogens with one attached hydrogen (secondary N) is 1. The SMILES string of the molecule is COc1ccc(-c2cc(CN3CC(=O)N4CC(=O)N(Cc5cccc6ccccc56)CC4N3C(=O)NCc3ccccc3)on2)cc1. The number of ether oxygens (including phenoxy) is 1. The van der Waals surface area contributed by atoms with Gasteiger partial charge in [0.05, 0.1) is 26.7 Å². The number of rotatable bonds is 8. The molecule has 0 radical (unpaired) electrons. The Morgan fingerprint density at radius 1 is 0.894 bits per heavy atom. The molecule has 238 valence electrons. The molecule has 5 aromatic rings. The summed E-state index contributed by atoms with van der Waals surface area (Å²) in [6, 6.07) is 32.6. The van der Waals surface area contributed by atoms with E-state index in [9.17, 15) is 14.4 Å². The van der Waals surface area contributed by atoms with Crippen LogP contribution >= 0.6 is 0 Å². The number of methoxy groups -OCH3 is 1. The highest BCUT2D eigenvalue weighted by Gasteiger charge is 2.47. The smallest absolute Gasteiger partial charge is 0.334 e. The monoisotopic (exact) mass is 630 g/mol. The molecule has 3 heterocycles. The summed E-state index contributed by atoms with van der Waals surface area (Å²) >= 11 is 0. The average molecular weight is 631 g/mol. The number of amides is 4. The zero-order valence-electron chi connectivity index (χ0n) is 25.9. The topological polar surface area (TPSA) is 111 Å². The van der Waals surface area contributed by atoms with Crippen molar-refractivity contribution >= 4 is 28.6 Å². The van der Waals surface area contributed by atoms with Crippen molar-refractivity contribution in [2.75, 3.05) is 26.7 Å². The van der Waals surface area contributed by atoms with Crippen molar-refractivity contribution in [2.24, 2.45) is 0 Å². The maximum atomic E-state index is 14.0. The summed E-state index contributed by atoms with van der Waals surface area (Å²) in [5.41, 5.74) is 3.40. The Kier molecular flexibility index (Phi) is 8.28. The average Bonchev–Trinajstić information content (AvgIpc) is 3.57.